The summed E-state index contributed by atoms with van der Waals surface area (Å²) in [4.78, 5) is 7.22. The second-order valence-corrected chi connectivity index (χ2v) is 9.48. The van der Waals surface area contributed by atoms with Gasteiger partial charge >= 0.3 is 0 Å². The Morgan fingerprint density at radius 3 is 2.73 bits per heavy atom. The van der Waals surface area contributed by atoms with Gasteiger partial charge in [0.15, 0.2) is 10.5 Å². The van der Waals surface area contributed by atoms with Crippen molar-refractivity contribution in [2.45, 2.75) is 34.7 Å². The van der Waals surface area contributed by atoms with Gasteiger partial charge in [0.05, 0.1) is 10.6 Å². The van der Waals surface area contributed by atoms with Gasteiger partial charge in [-0.25, -0.2) is 17.9 Å². The van der Waals surface area contributed by atoms with Crippen molar-refractivity contribution < 1.29 is 8.42 Å². The van der Waals surface area contributed by atoms with Crippen molar-refractivity contribution in [1.82, 2.24) is 19.5 Å². The molecule has 0 saturated heterocycles. The molecular weight excluding hydrogens is 368 g/mol. The van der Waals surface area contributed by atoms with Crippen molar-refractivity contribution in [2.24, 2.45) is 0 Å². The monoisotopic (exact) mass is 388 g/mol. The largest absolute Gasteiger partial charge is 0.302 e. The summed E-state index contributed by atoms with van der Waals surface area (Å²) in [5, 5.41) is 5.18. The number of nitrogens with zero attached hydrogens (tertiary/aromatic N) is 4. The van der Waals surface area contributed by atoms with Crippen LogP contribution in [0.3, 0.4) is 0 Å². The summed E-state index contributed by atoms with van der Waals surface area (Å²) in [5.41, 5.74) is 2.58. The molecule has 3 aromatic rings. The van der Waals surface area contributed by atoms with Crippen LogP contribution in [0.5, 0.6) is 0 Å². The predicted octanol–water partition coefficient (Wildman–Crippen LogP) is 2.66. The Morgan fingerprint density at radius 1 is 1.23 bits per heavy atom. The lowest BCUT2D eigenvalue weighted by Gasteiger charge is -2.24. The zero-order chi connectivity index (χ0) is 18.3. The standard InChI is InChI=1S/C18H20N4O2S2/c1-3-25-18-16(26(23,24)14-7-5-4-6-8-14)17-19-11-13-12-21(2)10-9-15(13)22(17)20-18/h4-8,11H,3,9-10,12H2,1-2H3. The second-order valence-electron chi connectivity index (χ2n) is 6.34. The highest BCUT2D eigenvalue weighted by Crippen LogP contribution is 2.34. The summed E-state index contributed by atoms with van der Waals surface area (Å²) in [6, 6.07) is 8.51. The molecule has 4 rings (SSSR count). The van der Waals surface area contributed by atoms with E-state index >= 15 is 0 Å². The lowest BCUT2D eigenvalue weighted by atomic mass is 10.1. The van der Waals surface area contributed by atoms with E-state index in [1.807, 2.05) is 13.0 Å². The van der Waals surface area contributed by atoms with E-state index in [0.29, 0.717) is 10.7 Å². The zero-order valence-corrected chi connectivity index (χ0v) is 16.3. The Labute approximate surface area is 157 Å². The molecule has 26 heavy (non-hydrogen) atoms. The third-order valence-corrected chi connectivity index (χ3v) is 7.31. The molecule has 0 radical (unpaired) electrons. The minimum absolute atomic E-state index is 0.220. The van der Waals surface area contributed by atoms with Crippen LogP contribution >= 0.6 is 11.8 Å². The van der Waals surface area contributed by atoms with Crippen molar-refractivity contribution in [2.75, 3.05) is 19.3 Å². The highest BCUT2D eigenvalue weighted by Gasteiger charge is 2.30. The molecule has 0 atom stereocenters. The summed E-state index contributed by atoms with van der Waals surface area (Å²) in [6.45, 7) is 3.71. The molecule has 0 spiro atoms. The molecule has 2 aromatic heterocycles. The predicted molar refractivity (Wildman–Crippen MR) is 101 cm³/mol. The summed E-state index contributed by atoms with van der Waals surface area (Å²) in [6.07, 6.45) is 2.63. The Kier molecular flexibility index (Phi) is 4.50. The number of fused-ring (bicyclic) bond motifs is 3. The molecule has 0 aliphatic carbocycles. The summed E-state index contributed by atoms with van der Waals surface area (Å²) in [7, 11) is -1.62. The molecule has 8 heteroatoms. The lowest BCUT2D eigenvalue weighted by molar-refractivity contribution is 0.307. The fourth-order valence-corrected chi connectivity index (χ4v) is 5.82. The summed E-state index contributed by atoms with van der Waals surface area (Å²) in [5.74, 6) is 0.742. The molecule has 3 heterocycles. The fraction of sp³-hybridized carbons (Fsp3) is 0.333. The molecule has 0 bridgehead atoms. The average molecular weight is 389 g/mol. The third-order valence-electron chi connectivity index (χ3n) is 4.53. The number of hydrogen-bond donors (Lipinski definition) is 0. The van der Waals surface area contributed by atoms with Crippen LogP contribution in [0.25, 0.3) is 5.65 Å². The minimum atomic E-state index is -3.69. The third kappa shape index (κ3) is 2.82. The topological polar surface area (TPSA) is 67.6 Å². The van der Waals surface area contributed by atoms with Crippen LogP contribution in [0.4, 0.5) is 0 Å². The highest BCUT2D eigenvalue weighted by atomic mass is 32.2. The highest BCUT2D eigenvalue weighted by molar-refractivity contribution is 8.00. The van der Waals surface area contributed by atoms with Crippen molar-refractivity contribution in [3.05, 3.63) is 47.8 Å². The lowest BCUT2D eigenvalue weighted by Crippen LogP contribution is -2.28. The smallest absolute Gasteiger partial charge is 0.213 e. The van der Waals surface area contributed by atoms with Crippen LogP contribution < -0.4 is 0 Å². The molecule has 1 aliphatic heterocycles. The van der Waals surface area contributed by atoms with Crippen molar-refractivity contribution >= 4 is 27.2 Å². The number of thioether (sulfide) groups is 1. The van der Waals surface area contributed by atoms with Crippen LogP contribution in [-0.4, -0.2) is 47.3 Å². The van der Waals surface area contributed by atoms with Gasteiger partial charge in [0.2, 0.25) is 9.84 Å². The molecule has 0 unspecified atom stereocenters. The van der Waals surface area contributed by atoms with E-state index in [-0.39, 0.29) is 9.79 Å². The van der Waals surface area contributed by atoms with Crippen molar-refractivity contribution in [1.29, 1.82) is 0 Å². The van der Waals surface area contributed by atoms with Gasteiger partial charge in [-0.05, 0) is 24.9 Å². The van der Waals surface area contributed by atoms with Gasteiger partial charge in [-0.3, -0.25) is 0 Å². The van der Waals surface area contributed by atoms with Crippen LogP contribution in [0.2, 0.25) is 0 Å². The molecule has 1 aliphatic rings. The first-order chi connectivity index (χ1) is 12.5. The van der Waals surface area contributed by atoms with E-state index < -0.39 is 9.84 Å². The van der Waals surface area contributed by atoms with Gasteiger partial charge in [0.25, 0.3) is 0 Å². The van der Waals surface area contributed by atoms with E-state index in [9.17, 15) is 8.42 Å². The first-order valence-corrected chi connectivity index (χ1v) is 11.0. The number of aromatic nitrogens is 3. The molecule has 136 valence electrons. The van der Waals surface area contributed by atoms with E-state index in [2.05, 4.69) is 22.0 Å². The first kappa shape index (κ1) is 17.5. The molecule has 0 saturated carbocycles. The van der Waals surface area contributed by atoms with Gasteiger partial charge in [-0.1, -0.05) is 25.1 Å². The quantitative estimate of drug-likeness (QED) is 0.640. The SMILES string of the molecule is CCSc1nn2c3c(cnc2c1S(=O)(=O)c1ccccc1)CN(C)CC3. The number of hydrogen-bond acceptors (Lipinski definition) is 6. The molecule has 1 aromatic carbocycles. The molecule has 0 N–H and O–H groups in total. The normalized spacial score (nSPS) is 15.3. The van der Waals surface area contributed by atoms with Crippen LogP contribution in [-0.2, 0) is 22.8 Å². The van der Waals surface area contributed by atoms with Crippen molar-refractivity contribution in [3.63, 3.8) is 0 Å². The van der Waals surface area contributed by atoms with Crippen molar-refractivity contribution in [3.8, 4) is 0 Å². The van der Waals surface area contributed by atoms with Gasteiger partial charge < -0.3 is 4.90 Å². The fourth-order valence-electron chi connectivity index (χ4n) is 3.28. The van der Waals surface area contributed by atoms with Crippen LogP contribution in [0.15, 0.2) is 51.3 Å². The maximum absolute atomic E-state index is 13.3. The van der Waals surface area contributed by atoms with E-state index in [0.717, 1.165) is 36.5 Å². The zero-order valence-electron chi connectivity index (χ0n) is 14.7. The Morgan fingerprint density at radius 2 is 2.00 bits per heavy atom. The van der Waals surface area contributed by atoms with Crippen LogP contribution in [0.1, 0.15) is 18.2 Å². The van der Waals surface area contributed by atoms with E-state index in [4.69, 9.17) is 0 Å². The van der Waals surface area contributed by atoms with Gasteiger partial charge in [0.1, 0.15) is 5.03 Å². The molecular formula is C18H20N4O2S2. The molecule has 0 fully saturated rings. The van der Waals surface area contributed by atoms with Gasteiger partial charge in [0, 0.05) is 31.3 Å². The number of sulfone groups is 1. The maximum Gasteiger partial charge on any atom is 0.213 e. The summed E-state index contributed by atoms with van der Waals surface area (Å²) < 4.78 is 28.4. The summed E-state index contributed by atoms with van der Waals surface area (Å²) >= 11 is 1.44. The van der Waals surface area contributed by atoms with E-state index in [1.165, 1.54) is 11.8 Å². The average Bonchev–Trinajstić information content (AvgIpc) is 3.01. The second kappa shape index (κ2) is 6.68. The van der Waals surface area contributed by atoms with Gasteiger partial charge in [-0.2, -0.15) is 5.10 Å². The number of rotatable bonds is 4. The van der Waals surface area contributed by atoms with Crippen LogP contribution in [0, 0.1) is 0 Å². The first-order valence-electron chi connectivity index (χ1n) is 8.53. The maximum atomic E-state index is 13.3. The molecule has 0 amide bonds. The Hall–Kier alpha value is -1.90. The van der Waals surface area contributed by atoms with E-state index in [1.54, 1.807) is 35.0 Å². The number of benzene rings is 1. The number of likely N-dealkylation sites (N-methyl/N-ethyl adjacent to an activating group) is 1. The minimum Gasteiger partial charge on any atom is -0.302 e. The Balaban J connectivity index is 1.98. The molecule has 6 nitrogen and oxygen atoms in total. The Bertz CT molecular complexity index is 1060. The van der Waals surface area contributed by atoms with Gasteiger partial charge in [-0.15, -0.1) is 11.8 Å².